The maximum Gasteiger partial charge on any atom is 0.322 e. The summed E-state index contributed by atoms with van der Waals surface area (Å²) in [6, 6.07) is 7.67. The van der Waals surface area contributed by atoms with Crippen LogP contribution in [0.15, 0.2) is 30.3 Å². The van der Waals surface area contributed by atoms with Crippen molar-refractivity contribution in [1.29, 1.82) is 0 Å². The molecule has 0 spiro atoms. The fourth-order valence-corrected chi connectivity index (χ4v) is 6.82. The maximum atomic E-state index is 13.9. The van der Waals surface area contributed by atoms with Crippen LogP contribution in [0.2, 0.25) is 0 Å². The Bertz CT molecular complexity index is 1620. The number of nitrogens with one attached hydrogen (secondary N) is 4. The molecule has 2 rings (SSSR count). The average Bonchev–Trinajstić information content (AvgIpc) is 3.26. The van der Waals surface area contributed by atoms with Gasteiger partial charge < -0.3 is 40.6 Å². The number of rotatable bonds is 37. The highest BCUT2D eigenvalue weighted by Crippen LogP contribution is 2.31. The van der Waals surface area contributed by atoms with E-state index in [4.69, 9.17) is 19.3 Å². The van der Waals surface area contributed by atoms with Gasteiger partial charge in [-0.3, -0.25) is 24.0 Å². The van der Waals surface area contributed by atoms with Gasteiger partial charge in [0.05, 0.1) is 43.1 Å². The molecule has 0 aliphatic rings. The van der Waals surface area contributed by atoms with Crippen molar-refractivity contribution in [2.24, 2.45) is 0 Å². The zero-order valence-electron chi connectivity index (χ0n) is 38.4. The Morgan fingerprint density at radius 3 is 1.34 bits per heavy atom. The molecule has 0 saturated heterocycles. The van der Waals surface area contributed by atoms with E-state index in [1.54, 1.807) is 18.2 Å². The molecule has 348 valence electrons. The SMILES string of the molecule is CCCCCCCCOc1cc(OCCCCCCCC)c(C(=O)NCC(=O)Nc2ccc(OCCCCCCCC)c(C(=O)NCC(=O)O)c2)cc1C(=O)NCCCCCC. The minimum Gasteiger partial charge on any atom is -0.493 e. The summed E-state index contributed by atoms with van der Waals surface area (Å²) in [5.74, 6) is -2.52. The second-order valence-electron chi connectivity index (χ2n) is 16.0. The minimum absolute atomic E-state index is 0.0705. The number of anilines is 1. The molecule has 0 fully saturated rings. The van der Waals surface area contributed by atoms with Crippen molar-refractivity contribution < 1.29 is 43.3 Å². The Morgan fingerprint density at radius 2 is 0.855 bits per heavy atom. The standard InChI is InChI=1S/C49H78N4O9/c1-5-9-13-17-20-24-30-60-42-28-27-38(33-39(42)48(58)52-37-46(55)56)53-45(54)36-51-49(59)41-34-40(47(57)50-29-23-16-12-8-4)43(61-31-25-21-18-14-10-6-2)35-44(41)62-32-26-22-19-15-11-7-3/h27-28,33-35H,5-26,29-32,36-37H2,1-4H3,(H,50,57)(H,51,59)(H,52,58)(H,53,54)(H,55,56). The molecule has 13 nitrogen and oxygen atoms in total. The summed E-state index contributed by atoms with van der Waals surface area (Å²) < 4.78 is 18.4. The van der Waals surface area contributed by atoms with Gasteiger partial charge in [0, 0.05) is 18.3 Å². The van der Waals surface area contributed by atoms with E-state index < -0.39 is 36.8 Å². The van der Waals surface area contributed by atoms with E-state index in [9.17, 15) is 24.0 Å². The lowest BCUT2D eigenvalue weighted by Gasteiger charge is -2.18. The number of carboxylic acids is 1. The third-order valence-electron chi connectivity index (χ3n) is 10.5. The van der Waals surface area contributed by atoms with Crippen LogP contribution < -0.4 is 35.5 Å². The van der Waals surface area contributed by atoms with Gasteiger partial charge in [0.2, 0.25) is 5.91 Å². The van der Waals surface area contributed by atoms with Gasteiger partial charge in [0.15, 0.2) is 0 Å². The molecule has 0 aromatic heterocycles. The fraction of sp³-hybridized carbons (Fsp3) is 0.653. The fourth-order valence-electron chi connectivity index (χ4n) is 6.82. The summed E-state index contributed by atoms with van der Waals surface area (Å²) in [4.78, 5) is 65.0. The molecule has 62 heavy (non-hydrogen) atoms. The number of unbranched alkanes of at least 4 members (excludes halogenated alkanes) is 18. The van der Waals surface area contributed by atoms with Gasteiger partial charge >= 0.3 is 5.97 Å². The van der Waals surface area contributed by atoms with Crippen LogP contribution in [0, 0.1) is 0 Å². The Hall–Kier alpha value is -4.81. The number of hydrogen-bond donors (Lipinski definition) is 5. The molecule has 2 aromatic rings. The predicted octanol–water partition coefficient (Wildman–Crippen LogP) is 10.4. The number of aliphatic carboxylic acids is 1. The second kappa shape index (κ2) is 33.8. The molecule has 13 heteroatoms. The van der Waals surface area contributed by atoms with Crippen molar-refractivity contribution in [3.05, 3.63) is 47.0 Å². The van der Waals surface area contributed by atoms with E-state index in [0.717, 1.165) is 109 Å². The van der Waals surface area contributed by atoms with E-state index in [1.807, 2.05) is 0 Å². The maximum absolute atomic E-state index is 13.9. The van der Waals surface area contributed by atoms with Crippen molar-refractivity contribution in [1.82, 2.24) is 16.0 Å². The van der Waals surface area contributed by atoms with Crippen LogP contribution in [0.25, 0.3) is 0 Å². The highest BCUT2D eigenvalue weighted by Gasteiger charge is 2.23. The first-order chi connectivity index (χ1) is 30.1. The number of amides is 4. The number of carbonyl (C=O) groups is 5. The molecular formula is C49H78N4O9. The molecule has 0 aliphatic carbocycles. The van der Waals surface area contributed by atoms with E-state index in [0.29, 0.717) is 32.1 Å². The Balaban J connectivity index is 2.28. The average molecular weight is 867 g/mol. The van der Waals surface area contributed by atoms with Crippen LogP contribution in [0.5, 0.6) is 17.2 Å². The van der Waals surface area contributed by atoms with Gasteiger partial charge in [-0.2, -0.15) is 0 Å². The van der Waals surface area contributed by atoms with Gasteiger partial charge in [0.1, 0.15) is 23.8 Å². The van der Waals surface area contributed by atoms with Crippen LogP contribution in [0.1, 0.15) is 200 Å². The lowest BCUT2D eigenvalue weighted by Crippen LogP contribution is -2.33. The lowest BCUT2D eigenvalue weighted by atomic mass is 10.1. The molecule has 5 N–H and O–H groups in total. The largest absolute Gasteiger partial charge is 0.493 e. The molecule has 0 radical (unpaired) electrons. The van der Waals surface area contributed by atoms with Crippen molar-refractivity contribution in [3.8, 4) is 17.2 Å². The molecule has 0 atom stereocenters. The highest BCUT2D eigenvalue weighted by atomic mass is 16.5. The van der Waals surface area contributed by atoms with Crippen molar-refractivity contribution in [3.63, 3.8) is 0 Å². The molecule has 0 unspecified atom stereocenters. The summed E-state index contributed by atoms with van der Waals surface area (Å²) in [7, 11) is 0. The molecule has 4 amide bonds. The quantitative estimate of drug-likeness (QED) is 0.0413. The van der Waals surface area contributed by atoms with Gasteiger partial charge in [-0.15, -0.1) is 0 Å². The monoisotopic (exact) mass is 867 g/mol. The number of ether oxygens (including phenoxy) is 3. The number of carboxylic acid groups (broad SMARTS) is 1. The van der Waals surface area contributed by atoms with Crippen LogP contribution in [-0.4, -0.2) is 74.2 Å². The summed E-state index contributed by atoms with van der Waals surface area (Å²) in [6.07, 6.45) is 23.2. The zero-order chi connectivity index (χ0) is 45.2. The molecule has 0 bridgehead atoms. The molecule has 0 aliphatic heterocycles. The van der Waals surface area contributed by atoms with Crippen LogP contribution >= 0.6 is 0 Å². The minimum atomic E-state index is -1.20. The summed E-state index contributed by atoms with van der Waals surface area (Å²) in [5, 5.41) is 19.9. The summed E-state index contributed by atoms with van der Waals surface area (Å²) in [5.41, 5.74) is 0.655. The first-order valence-corrected chi connectivity index (χ1v) is 23.7. The molecule has 2 aromatic carbocycles. The smallest absolute Gasteiger partial charge is 0.322 e. The van der Waals surface area contributed by atoms with Crippen LogP contribution in [-0.2, 0) is 9.59 Å². The first-order valence-electron chi connectivity index (χ1n) is 23.7. The number of carbonyl (C=O) groups excluding carboxylic acids is 4. The summed E-state index contributed by atoms with van der Waals surface area (Å²) >= 11 is 0. The van der Waals surface area contributed by atoms with Crippen molar-refractivity contribution in [2.75, 3.05) is 44.8 Å². The first kappa shape index (κ1) is 53.3. The van der Waals surface area contributed by atoms with Gasteiger partial charge in [0.25, 0.3) is 17.7 Å². The van der Waals surface area contributed by atoms with Gasteiger partial charge in [-0.1, -0.05) is 143 Å². The van der Waals surface area contributed by atoms with E-state index in [2.05, 4.69) is 49.0 Å². The van der Waals surface area contributed by atoms with Crippen LogP contribution in [0.3, 0.4) is 0 Å². The highest BCUT2D eigenvalue weighted by molar-refractivity contribution is 6.05. The van der Waals surface area contributed by atoms with Gasteiger partial charge in [-0.05, 0) is 49.9 Å². The summed E-state index contributed by atoms with van der Waals surface area (Å²) in [6.45, 7) is 9.29. The van der Waals surface area contributed by atoms with Crippen molar-refractivity contribution >= 4 is 35.3 Å². The van der Waals surface area contributed by atoms with E-state index in [-0.39, 0.29) is 39.8 Å². The number of hydrogen-bond acceptors (Lipinski definition) is 8. The Kier molecular flexibility index (Phi) is 29.0. The third kappa shape index (κ3) is 22.9. The van der Waals surface area contributed by atoms with Crippen molar-refractivity contribution in [2.45, 2.75) is 169 Å². The molecule has 0 heterocycles. The van der Waals surface area contributed by atoms with Crippen LogP contribution in [0.4, 0.5) is 5.69 Å². The Labute approximate surface area is 371 Å². The normalized spacial score (nSPS) is 10.8. The Morgan fingerprint density at radius 1 is 0.452 bits per heavy atom. The molecular weight excluding hydrogens is 789 g/mol. The lowest BCUT2D eigenvalue weighted by molar-refractivity contribution is -0.135. The number of benzene rings is 2. The zero-order valence-corrected chi connectivity index (χ0v) is 38.4. The van der Waals surface area contributed by atoms with E-state index in [1.165, 1.54) is 44.2 Å². The van der Waals surface area contributed by atoms with Gasteiger partial charge in [-0.25, -0.2) is 0 Å². The van der Waals surface area contributed by atoms with E-state index >= 15 is 0 Å². The predicted molar refractivity (Wildman–Crippen MR) is 247 cm³/mol. The third-order valence-corrected chi connectivity index (χ3v) is 10.5. The topological polar surface area (TPSA) is 181 Å². The second-order valence-corrected chi connectivity index (χ2v) is 16.0. The molecule has 0 saturated carbocycles.